The second-order valence-electron chi connectivity index (χ2n) is 3.91. The van der Waals surface area contributed by atoms with E-state index in [0.717, 1.165) is 0 Å². The third-order valence-electron chi connectivity index (χ3n) is 2.91. The fourth-order valence-electron chi connectivity index (χ4n) is 1.95. The number of carbonyl (C=O) groups is 2. The summed E-state index contributed by atoms with van der Waals surface area (Å²) >= 11 is 11.4. The van der Waals surface area contributed by atoms with Gasteiger partial charge < -0.3 is 15.3 Å². The van der Waals surface area contributed by atoms with Gasteiger partial charge in [0.2, 0.25) is 11.6 Å². The van der Waals surface area contributed by atoms with E-state index in [-0.39, 0.29) is 22.6 Å². The Morgan fingerprint density at radius 1 is 0.947 bits per heavy atom. The lowest BCUT2D eigenvalue weighted by Crippen LogP contribution is -2.22. The molecule has 2 rings (SSSR count). The molecule has 0 spiro atoms. The normalized spacial score (nSPS) is 14.9. The van der Waals surface area contributed by atoms with Gasteiger partial charge in [0.15, 0.2) is 0 Å². The molecule has 0 saturated heterocycles. The molecule has 100 valence electrons. The lowest BCUT2D eigenvalue weighted by Gasteiger charge is -2.20. The first-order valence-electron chi connectivity index (χ1n) is 5.27. The van der Waals surface area contributed by atoms with Crippen LogP contribution in [0.15, 0.2) is 5.03 Å². The molecule has 1 aromatic rings. The van der Waals surface area contributed by atoms with Gasteiger partial charge in [-0.1, -0.05) is 30.1 Å². The van der Waals surface area contributed by atoms with Crippen LogP contribution in [0.1, 0.15) is 28.4 Å². The van der Waals surface area contributed by atoms with Gasteiger partial charge >= 0.3 is 0 Å². The van der Waals surface area contributed by atoms with Crippen LogP contribution in [0, 0.1) is 0 Å². The zero-order valence-corrected chi connectivity index (χ0v) is 11.1. The highest BCUT2D eigenvalue weighted by Gasteiger charge is 2.38. The van der Waals surface area contributed by atoms with Crippen LogP contribution in [0.3, 0.4) is 0 Å². The Kier molecular flexibility index (Phi) is 3.20. The van der Waals surface area contributed by atoms with Crippen molar-refractivity contribution in [3.8, 4) is 11.5 Å². The molecule has 0 saturated carbocycles. The van der Waals surface area contributed by atoms with Crippen molar-refractivity contribution in [2.75, 3.05) is 0 Å². The molecule has 5 nitrogen and oxygen atoms in total. The maximum absolute atomic E-state index is 11.8. The second kappa shape index (κ2) is 4.43. The Balaban J connectivity index is 2.99. The van der Waals surface area contributed by atoms with Crippen LogP contribution in [0.2, 0.25) is 5.02 Å². The number of halogens is 2. The van der Waals surface area contributed by atoms with E-state index < -0.39 is 39.4 Å². The molecule has 1 aliphatic carbocycles. The minimum Gasteiger partial charge on any atom is -0.507 e. The van der Waals surface area contributed by atoms with E-state index in [1.165, 1.54) is 0 Å². The lowest BCUT2D eigenvalue weighted by atomic mass is 9.89. The number of aliphatic hydroxyl groups is 1. The number of aliphatic hydroxyl groups excluding tert-OH is 1. The number of phenols is 2. The van der Waals surface area contributed by atoms with E-state index in [9.17, 15) is 24.9 Å². The standard InChI is InChI=1S/C12H8Cl2O5/c1-2-3-6(13)9(16)5-4(8(3)15)10(17)7(14)12(19)11(5)18/h15-17H,2H2,1H3. The largest absolute Gasteiger partial charge is 0.507 e. The molecule has 0 fully saturated rings. The van der Waals surface area contributed by atoms with Crippen LogP contribution >= 0.6 is 23.2 Å². The predicted octanol–water partition coefficient (Wildman–Crippen LogP) is 2.54. The molecule has 3 N–H and O–H groups in total. The van der Waals surface area contributed by atoms with E-state index in [2.05, 4.69) is 0 Å². The van der Waals surface area contributed by atoms with Crippen molar-refractivity contribution in [3.05, 3.63) is 26.7 Å². The Labute approximate surface area is 117 Å². The van der Waals surface area contributed by atoms with Crippen LogP contribution in [0.4, 0.5) is 0 Å². The summed E-state index contributed by atoms with van der Waals surface area (Å²) in [6.45, 7) is 1.66. The lowest BCUT2D eigenvalue weighted by molar-refractivity contribution is -0.111. The van der Waals surface area contributed by atoms with Crippen LogP contribution in [0.5, 0.6) is 11.5 Å². The number of ketones is 2. The smallest absolute Gasteiger partial charge is 0.248 e. The Morgan fingerprint density at radius 2 is 1.53 bits per heavy atom. The van der Waals surface area contributed by atoms with E-state index >= 15 is 0 Å². The summed E-state index contributed by atoms with van der Waals surface area (Å²) in [6.07, 6.45) is 0.249. The molecule has 0 amide bonds. The first kappa shape index (κ1) is 13.7. The van der Waals surface area contributed by atoms with Crippen molar-refractivity contribution in [2.45, 2.75) is 13.3 Å². The van der Waals surface area contributed by atoms with Crippen molar-refractivity contribution < 1.29 is 24.9 Å². The number of benzene rings is 1. The van der Waals surface area contributed by atoms with Gasteiger partial charge in [0.1, 0.15) is 22.3 Å². The minimum atomic E-state index is -1.17. The van der Waals surface area contributed by atoms with Gasteiger partial charge in [-0.15, -0.1) is 0 Å². The molecule has 1 aromatic carbocycles. The summed E-state index contributed by atoms with van der Waals surface area (Å²) in [5, 5.41) is 28.8. The number of hydrogen-bond acceptors (Lipinski definition) is 5. The first-order valence-corrected chi connectivity index (χ1v) is 6.02. The average Bonchev–Trinajstić information content (AvgIpc) is 2.38. The maximum Gasteiger partial charge on any atom is 0.248 e. The predicted molar refractivity (Wildman–Crippen MR) is 68.9 cm³/mol. The van der Waals surface area contributed by atoms with Gasteiger partial charge in [-0.05, 0) is 6.42 Å². The van der Waals surface area contributed by atoms with Crippen LogP contribution in [-0.2, 0) is 11.2 Å². The fourth-order valence-corrected chi connectivity index (χ4v) is 2.45. The average molecular weight is 303 g/mol. The molecule has 0 heterocycles. The molecule has 0 aliphatic heterocycles. The highest BCUT2D eigenvalue weighted by molar-refractivity contribution is 6.64. The van der Waals surface area contributed by atoms with Crippen LogP contribution < -0.4 is 0 Å². The number of rotatable bonds is 1. The topological polar surface area (TPSA) is 94.8 Å². The molecule has 19 heavy (non-hydrogen) atoms. The van der Waals surface area contributed by atoms with Crippen LogP contribution in [-0.4, -0.2) is 26.9 Å². The molecule has 0 unspecified atom stereocenters. The number of Topliss-reactive ketones (excluding diaryl/α,β-unsaturated/α-hetero) is 2. The highest BCUT2D eigenvalue weighted by Crippen LogP contribution is 2.46. The molecule has 0 atom stereocenters. The zero-order chi connectivity index (χ0) is 14.5. The molecule has 7 heteroatoms. The molecule has 1 aliphatic rings. The first-order chi connectivity index (χ1) is 8.82. The van der Waals surface area contributed by atoms with E-state index in [1.807, 2.05) is 0 Å². The zero-order valence-electron chi connectivity index (χ0n) is 9.62. The quantitative estimate of drug-likeness (QED) is 0.547. The van der Waals surface area contributed by atoms with Gasteiger partial charge in [-0.3, -0.25) is 9.59 Å². The van der Waals surface area contributed by atoms with Crippen LogP contribution in [0.25, 0.3) is 5.76 Å². The number of phenolic OH excluding ortho intramolecular Hbond substituents is 2. The summed E-state index contributed by atoms with van der Waals surface area (Å²) in [5.41, 5.74) is -0.754. The monoisotopic (exact) mass is 302 g/mol. The number of carbonyl (C=O) groups excluding carboxylic acids is 2. The summed E-state index contributed by atoms with van der Waals surface area (Å²) in [6, 6.07) is 0. The third-order valence-corrected chi connectivity index (χ3v) is 3.67. The van der Waals surface area contributed by atoms with Gasteiger partial charge in [0.25, 0.3) is 0 Å². The molecule has 0 bridgehead atoms. The number of allylic oxidation sites excluding steroid dienone is 1. The fraction of sp³-hybridized carbons (Fsp3) is 0.167. The molecule has 0 aromatic heterocycles. The molecular weight excluding hydrogens is 295 g/mol. The summed E-state index contributed by atoms with van der Waals surface area (Å²) in [5.74, 6) is -4.17. The van der Waals surface area contributed by atoms with Gasteiger partial charge in [-0.25, -0.2) is 0 Å². The minimum absolute atomic E-state index is 0.149. The Hall–Kier alpha value is -1.72. The maximum atomic E-state index is 11.8. The van der Waals surface area contributed by atoms with E-state index in [0.29, 0.717) is 0 Å². The second-order valence-corrected chi connectivity index (χ2v) is 4.67. The SMILES string of the molecule is CCc1c(O)c2c(c(O)c1Cl)C(=O)C(=O)C(Cl)=C2O. The van der Waals surface area contributed by atoms with Crippen molar-refractivity contribution in [1.29, 1.82) is 0 Å². The Bertz CT molecular complexity index is 661. The van der Waals surface area contributed by atoms with Gasteiger partial charge in [-0.2, -0.15) is 0 Å². The summed E-state index contributed by atoms with van der Waals surface area (Å²) in [7, 11) is 0. The van der Waals surface area contributed by atoms with E-state index in [1.54, 1.807) is 6.92 Å². The molecular formula is C12H8Cl2O5. The van der Waals surface area contributed by atoms with E-state index in [4.69, 9.17) is 23.2 Å². The summed E-state index contributed by atoms with van der Waals surface area (Å²) in [4.78, 5) is 23.3. The third kappa shape index (κ3) is 1.69. The van der Waals surface area contributed by atoms with Crippen molar-refractivity contribution in [3.63, 3.8) is 0 Å². The van der Waals surface area contributed by atoms with Gasteiger partial charge in [0.05, 0.1) is 16.1 Å². The van der Waals surface area contributed by atoms with Crippen molar-refractivity contribution >= 4 is 40.5 Å². The van der Waals surface area contributed by atoms with Crippen molar-refractivity contribution in [1.82, 2.24) is 0 Å². The molecule has 0 radical (unpaired) electrons. The van der Waals surface area contributed by atoms with Crippen molar-refractivity contribution in [2.24, 2.45) is 0 Å². The van der Waals surface area contributed by atoms with Gasteiger partial charge in [0, 0.05) is 5.56 Å². The number of fused-ring (bicyclic) bond motifs is 1. The Morgan fingerprint density at radius 3 is 2.05 bits per heavy atom. The highest BCUT2D eigenvalue weighted by atomic mass is 35.5. The summed E-state index contributed by atoms with van der Waals surface area (Å²) < 4.78 is 0. The number of aromatic hydroxyl groups is 2. The number of hydrogen-bond donors (Lipinski definition) is 3.